The molecular weight excluding hydrogens is 372 g/mol. The minimum absolute atomic E-state index is 0.00999. The Morgan fingerprint density at radius 1 is 1.15 bits per heavy atom. The van der Waals surface area contributed by atoms with Gasteiger partial charge in [0.05, 0.1) is 5.56 Å². The first kappa shape index (κ1) is 20.1. The summed E-state index contributed by atoms with van der Waals surface area (Å²) in [5.41, 5.74) is -0.654. The van der Waals surface area contributed by atoms with Crippen LogP contribution in [-0.4, -0.2) is 16.8 Å². The van der Waals surface area contributed by atoms with E-state index in [0.29, 0.717) is 16.2 Å². The molecular formula is C18H16F4O3S. The number of aryl methyl sites for hydroxylation is 1. The maximum absolute atomic E-state index is 13.5. The van der Waals surface area contributed by atoms with Crippen LogP contribution in [0.4, 0.5) is 17.6 Å². The second-order valence-corrected chi connectivity index (χ2v) is 6.67. The molecule has 0 aliphatic heterocycles. The number of benzene rings is 2. The van der Waals surface area contributed by atoms with Crippen LogP contribution in [0.5, 0.6) is 11.5 Å². The topological polar surface area (TPSA) is 46.5 Å². The second-order valence-electron chi connectivity index (χ2n) is 5.34. The molecule has 0 aliphatic rings. The zero-order valence-corrected chi connectivity index (χ0v) is 14.6. The molecule has 0 radical (unpaired) electrons. The van der Waals surface area contributed by atoms with E-state index in [1.807, 2.05) is 6.92 Å². The molecule has 0 unspecified atom stereocenters. The van der Waals surface area contributed by atoms with E-state index in [0.717, 1.165) is 18.2 Å². The van der Waals surface area contributed by atoms with E-state index in [2.05, 4.69) is 0 Å². The minimum Gasteiger partial charge on any atom is -0.481 e. The monoisotopic (exact) mass is 388 g/mol. The van der Waals surface area contributed by atoms with Crippen molar-refractivity contribution in [3.05, 3.63) is 53.3 Å². The fourth-order valence-corrected chi connectivity index (χ4v) is 2.96. The Morgan fingerprint density at radius 2 is 1.88 bits per heavy atom. The number of carboxylic acids is 1. The fourth-order valence-electron chi connectivity index (χ4n) is 2.27. The average molecular weight is 388 g/mol. The first-order chi connectivity index (χ1) is 12.2. The summed E-state index contributed by atoms with van der Waals surface area (Å²) in [4.78, 5) is 11.2. The lowest BCUT2D eigenvalue weighted by atomic mass is 10.1. The lowest BCUT2D eigenvalue weighted by Crippen LogP contribution is -2.08. The van der Waals surface area contributed by atoms with E-state index < -0.39 is 29.3 Å². The maximum Gasteiger partial charge on any atom is 0.420 e. The van der Waals surface area contributed by atoms with Gasteiger partial charge in [-0.1, -0.05) is 13.0 Å². The van der Waals surface area contributed by atoms with Crippen molar-refractivity contribution in [2.75, 3.05) is 5.75 Å². The third kappa shape index (κ3) is 5.39. The average Bonchev–Trinajstić information content (AvgIpc) is 2.54. The summed E-state index contributed by atoms with van der Waals surface area (Å²) in [6, 6.07) is 7.03. The van der Waals surface area contributed by atoms with E-state index in [-0.39, 0.29) is 18.6 Å². The standard InChI is InChI=1S/C18H16F4O3S/c1-2-26-13-6-7-15(14(10-13)18(20,21)22)25-16-9-12(19)5-3-11(16)4-8-17(23)24/h3,5-7,9-10H,2,4,8H2,1H3,(H,23,24). The van der Waals surface area contributed by atoms with E-state index >= 15 is 0 Å². The summed E-state index contributed by atoms with van der Waals surface area (Å²) in [5, 5.41) is 8.78. The first-order valence-electron chi connectivity index (χ1n) is 7.72. The van der Waals surface area contributed by atoms with Crippen molar-refractivity contribution in [1.82, 2.24) is 0 Å². The van der Waals surface area contributed by atoms with Gasteiger partial charge in [-0.2, -0.15) is 13.2 Å². The van der Waals surface area contributed by atoms with Crippen LogP contribution in [0.15, 0.2) is 41.3 Å². The van der Waals surface area contributed by atoms with Crippen LogP contribution in [0, 0.1) is 5.82 Å². The number of hydrogen-bond donors (Lipinski definition) is 1. The lowest BCUT2D eigenvalue weighted by Gasteiger charge is -2.17. The number of ether oxygens (including phenoxy) is 1. The van der Waals surface area contributed by atoms with Crippen molar-refractivity contribution < 1.29 is 32.2 Å². The number of halogens is 4. The molecule has 0 spiro atoms. The molecule has 0 heterocycles. The third-order valence-corrected chi connectivity index (χ3v) is 4.30. The Labute approximate surface area is 152 Å². The maximum atomic E-state index is 13.5. The number of hydrogen-bond acceptors (Lipinski definition) is 3. The van der Waals surface area contributed by atoms with Crippen molar-refractivity contribution in [2.24, 2.45) is 0 Å². The van der Waals surface area contributed by atoms with Crippen LogP contribution in [0.25, 0.3) is 0 Å². The molecule has 0 fully saturated rings. The van der Waals surface area contributed by atoms with E-state index in [4.69, 9.17) is 9.84 Å². The molecule has 1 N–H and O–H groups in total. The van der Waals surface area contributed by atoms with Crippen LogP contribution in [0.1, 0.15) is 24.5 Å². The molecule has 0 aromatic heterocycles. The number of aliphatic carboxylic acids is 1. The molecule has 3 nitrogen and oxygen atoms in total. The summed E-state index contributed by atoms with van der Waals surface area (Å²) in [6.07, 6.45) is -4.88. The highest BCUT2D eigenvalue weighted by Crippen LogP contribution is 2.41. The Morgan fingerprint density at radius 3 is 2.50 bits per heavy atom. The van der Waals surface area contributed by atoms with Crippen LogP contribution in [0.2, 0.25) is 0 Å². The molecule has 0 bridgehead atoms. The zero-order valence-electron chi connectivity index (χ0n) is 13.8. The molecule has 0 amide bonds. The van der Waals surface area contributed by atoms with Gasteiger partial charge in [-0.05, 0) is 42.0 Å². The van der Waals surface area contributed by atoms with E-state index in [1.54, 1.807) is 0 Å². The van der Waals surface area contributed by atoms with Gasteiger partial charge in [0.25, 0.3) is 0 Å². The Balaban J connectivity index is 2.41. The van der Waals surface area contributed by atoms with E-state index in [1.165, 1.54) is 30.0 Å². The summed E-state index contributed by atoms with van der Waals surface area (Å²) in [7, 11) is 0. The highest BCUT2D eigenvalue weighted by atomic mass is 32.2. The van der Waals surface area contributed by atoms with Crippen molar-refractivity contribution in [1.29, 1.82) is 0 Å². The van der Waals surface area contributed by atoms with Gasteiger partial charge in [-0.3, -0.25) is 4.79 Å². The zero-order chi connectivity index (χ0) is 19.3. The molecule has 0 saturated heterocycles. The number of carboxylic acid groups (broad SMARTS) is 1. The number of rotatable bonds is 7. The molecule has 2 aromatic rings. The second kappa shape index (κ2) is 8.44. The smallest absolute Gasteiger partial charge is 0.420 e. The van der Waals surface area contributed by atoms with E-state index in [9.17, 15) is 22.4 Å². The van der Waals surface area contributed by atoms with Gasteiger partial charge in [-0.15, -0.1) is 11.8 Å². The largest absolute Gasteiger partial charge is 0.481 e. The lowest BCUT2D eigenvalue weighted by molar-refractivity contribution is -0.139. The molecule has 2 rings (SSSR count). The summed E-state index contributed by atoms with van der Waals surface area (Å²) >= 11 is 1.26. The highest BCUT2D eigenvalue weighted by Gasteiger charge is 2.35. The number of thioether (sulfide) groups is 1. The molecule has 8 heteroatoms. The van der Waals surface area contributed by atoms with Gasteiger partial charge in [0.1, 0.15) is 17.3 Å². The van der Waals surface area contributed by atoms with Gasteiger partial charge in [-0.25, -0.2) is 4.39 Å². The van der Waals surface area contributed by atoms with Gasteiger partial charge in [0.15, 0.2) is 0 Å². The Hall–Kier alpha value is -2.22. The van der Waals surface area contributed by atoms with Crippen LogP contribution >= 0.6 is 11.8 Å². The Kier molecular flexibility index (Phi) is 6.52. The molecule has 0 saturated carbocycles. The molecule has 26 heavy (non-hydrogen) atoms. The molecule has 140 valence electrons. The normalized spacial score (nSPS) is 11.4. The van der Waals surface area contributed by atoms with Crippen molar-refractivity contribution in [2.45, 2.75) is 30.8 Å². The van der Waals surface area contributed by atoms with Gasteiger partial charge in [0, 0.05) is 17.4 Å². The third-order valence-electron chi connectivity index (χ3n) is 3.42. The summed E-state index contributed by atoms with van der Waals surface area (Å²) in [5.74, 6) is -1.74. The predicted octanol–water partition coefficient (Wildman–Crippen LogP) is 5.77. The van der Waals surface area contributed by atoms with Gasteiger partial charge < -0.3 is 9.84 Å². The minimum atomic E-state index is -4.64. The van der Waals surface area contributed by atoms with Crippen molar-refractivity contribution in [3.63, 3.8) is 0 Å². The highest BCUT2D eigenvalue weighted by molar-refractivity contribution is 7.99. The number of alkyl halides is 3. The molecule has 0 atom stereocenters. The quantitative estimate of drug-likeness (QED) is 0.483. The predicted molar refractivity (Wildman–Crippen MR) is 90.3 cm³/mol. The molecule has 2 aromatic carbocycles. The number of carbonyl (C=O) groups is 1. The van der Waals surface area contributed by atoms with Crippen molar-refractivity contribution in [3.8, 4) is 11.5 Å². The SMILES string of the molecule is CCSc1ccc(Oc2cc(F)ccc2CCC(=O)O)c(C(F)(F)F)c1. The Bertz CT molecular complexity index is 790. The first-order valence-corrected chi connectivity index (χ1v) is 8.71. The van der Waals surface area contributed by atoms with Crippen LogP contribution in [0.3, 0.4) is 0 Å². The molecule has 0 aliphatic carbocycles. The summed E-state index contributed by atoms with van der Waals surface area (Å²) < 4.78 is 59.0. The summed E-state index contributed by atoms with van der Waals surface area (Å²) in [6.45, 7) is 1.82. The van der Waals surface area contributed by atoms with Gasteiger partial charge in [0.2, 0.25) is 0 Å². The van der Waals surface area contributed by atoms with Crippen LogP contribution in [-0.2, 0) is 17.4 Å². The fraction of sp³-hybridized carbons (Fsp3) is 0.278. The van der Waals surface area contributed by atoms with Crippen LogP contribution < -0.4 is 4.74 Å². The van der Waals surface area contributed by atoms with Gasteiger partial charge >= 0.3 is 12.1 Å². The van der Waals surface area contributed by atoms with Crippen molar-refractivity contribution >= 4 is 17.7 Å².